The van der Waals surface area contributed by atoms with Crippen molar-refractivity contribution in [3.05, 3.63) is 35.9 Å². The molecule has 2 aliphatic heterocycles. The predicted molar refractivity (Wildman–Crippen MR) is 95.0 cm³/mol. The minimum atomic E-state index is -1.52. The van der Waals surface area contributed by atoms with Crippen LogP contribution >= 0.6 is 11.8 Å². The van der Waals surface area contributed by atoms with E-state index in [0.717, 1.165) is 0 Å². The summed E-state index contributed by atoms with van der Waals surface area (Å²) in [5, 5.41) is 11.5. The average molecular weight is 379 g/mol. The summed E-state index contributed by atoms with van der Waals surface area (Å²) in [4.78, 5) is 38.1. The second kappa shape index (κ2) is 6.57. The van der Waals surface area contributed by atoms with Crippen molar-refractivity contribution >= 4 is 29.5 Å². The average Bonchev–Trinajstić information content (AvgIpc) is 2.65. The molecule has 2 aliphatic rings. The number of thioether (sulfide) groups is 1. The molecule has 0 spiro atoms. The molecule has 140 valence electrons. The number of fused-ring (bicyclic) bond motifs is 1. The van der Waals surface area contributed by atoms with E-state index in [9.17, 15) is 19.5 Å². The molecular weight excluding hydrogens is 358 g/mol. The number of aliphatic carboxylic acids is 1. The summed E-state index contributed by atoms with van der Waals surface area (Å²) in [6, 6.07) is 7.88. The maximum Gasteiger partial charge on any atom is 0.312 e. The van der Waals surface area contributed by atoms with Crippen LogP contribution in [0.15, 0.2) is 30.3 Å². The lowest BCUT2D eigenvalue weighted by atomic mass is 9.88. The summed E-state index contributed by atoms with van der Waals surface area (Å²) in [6.07, 6.45) is 0. The van der Waals surface area contributed by atoms with Crippen molar-refractivity contribution in [2.45, 2.75) is 24.1 Å². The van der Waals surface area contributed by atoms with Gasteiger partial charge in [0.25, 0.3) is 11.6 Å². The van der Waals surface area contributed by atoms with E-state index in [4.69, 9.17) is 10.5 Å². The summed E-state index contributed by atoms with van der Waals surface area (Å²) in [7, 11) is 1.34. The summed E-state index contributed by atoms with van der Waals surface area (Å²) in [5.41, 5.74) is 4.07. The molecule has 2 amide bonds. The molecule has 0 aliphatic carbocycles. The molecule has 1 aromatic rings. The number of benzene rings is 1. The van der Waals surface area contributed by atoms with Gasteiger partial charge in [-0.3, -0.25) is 14.4 Å². The van der Waals surface area contributed by atoms with Crippen molar-refractivity contribution in [1.29, 1.82) is 0 Å². The Balaban J connectivity index is 1.76. The third-order valence-corrected chi connectivity index (χ3v) is 6.58. The van der Waals surface area contributed by atoms with Crippen LogP contribution in [0.5, 0.6) is 0 Å². The molecule has 4 atom stereocenters. The normalized spacial score (nSPS) is 31.6. The van der Waals surface area contributed by atoms with E-state index < -0.39 is 40.3 Å². The summed E-state index contributed by atoms with van der Waals surface area (Å²) >= 11 is 1.28. The van der Waals surface area contributed by atoms with Gasteiger partial charge < -0.3 is 25.8 Å². The summed E-state index contributed by atoms with van der Waals surface area (Å²) in [6.45, 7) is 1.67. The van der Waals surface area contributed by atoms with Gasteiger partial charge in [-0.2, -0.15) is 0 Å². The lowest BCUT2D eigenvalue weighted by Crippen LogP contribution is -2.82. The molecule has 2 saturated heterocycles. The zero-order valence-electron chi connectivity index (χ0n) is 14.5. The molecule has 3 rings (SSSR count). The number of hydrogen-bond donors (Lipinski definition) is 3. The molecule has 26 heavy (non-hydrogen) atoms. The predicted octanol–water partition coefficient (Wildman–Crippen LogP) is 0.151. The van der Waals surface area contributed by atoms with Gasteiger partial charge in [0.15, 0.2) is 0 Å². The number of carboxylic acid groups (broad SMARTS) is 1. The van der Waals surface area contributed by atoms with Crippen molar-refractivity contribution in [1.82, 2.24) is 10.2 Å². The van der Waals surface area contributed by atoms with Crippen LogP contribution in [0.2, 0.25) is 0 Å². The fourth-order valence-corrected chi connectivity index (χ4v) is 4.76. The molecule has 0 bridgehead atoms. The maximum absolute atomic E-state index is 12.7. The van der Waals surface area contributed by atoms with E-state index in [0.29, 0.717) is 11.3 Å². The first kappa shape index (κ1) is 18.7. The van der Waals surface area contributed by atoms with E-state index in [1.807, 2.05) is 6.07 Å². The van der Waals surface area contributed by atoms with Gasteiger partial charge in [-0.25, -0.2) is 0 Å². The number of β-lactam (4-membered cyclic amide) rings is 1. The monoisotopic (exact) mass is 379 g/mol. The fourth-order valence-electron chi connectivity index (χ4n) is 3.18. The number of rotatable bonds is 5. The first-order valence-electron chi connectivity index (χ1n) is 8.09. The van der Waals surface area contributed by atoms with E-state index >= 15 is 0 Å². The number of nitrogens with zero attached hydrogens (tertiary/aromatic N) is 1. The number of carbonyl (C=O) groups is 3. The van der Waals surface area contributed by atoms with Gasteiger partial charge >= 0.3 is 5.97 Å². The van der Waals surface area contributed by atoms with Crippen LogP contribution in [0.25, 0.3) is 0 Å². The Kier molecular flexibility index (Phi) is 4.72. The van der Waals surface area contributed by atoms with E-state index in [1.54, 1.807) is 31.2 Å². The number of hydrogen-bond acceptors (Lipinski definition) is 6. The summed E-state index contributed by atoms with van der Waals surface area (Å²) < 4.78 is 5.39. The second-order valence-electron chi connectivity index (χ2n) is 6.78. The van der Waals surface area contributed by atoms with Gasteiger partial charge in [0, 0.05) is 19.4 Å². The highest BCUT2D eigenvalue weighted by molar-refractivity contribution is 8.00. The molecule has 1 aromatic carbocycles. The molecule has 2 fully saturated rings. The number of ether oxygens (including phenoxy) is 1. The maximum atomic E-state index is 12.7. The Bertz CT molecular complexity index is 745. The quantitative estimate of drug-likeness (QED) is 0.492. The van der Waals surface area contributed by atoms with Gasteiger partial charge in [-0.1, -0.05) is 30.3 Å². The highest BCUT2D eigenvalue weighted by Crippen LogP contribution is 2.47. The van der Waals surface area contributed by atoms with E-state index in [2.05, 4.69) is 5.32 Å². The molecule has 0 aromatic heterocycles. The minimum Gasteiger partial charge on any atom is -0.481 e. The fraction of sp³-hybridized carbons (Fsp3) is 0.471. The third-order valence-electron chi connectivity index (χ3n) is 4.88. The Morgan fingerprint density at radius 1 is 1.42 bits per heavy atom. The number of nitrogens with one attached hydrogen (secondary N) is 1. The standard InChI is InChI=1S/C17H21N3O5S/c1-16(15(23)24)8-20-13(22)17(25-2,14(20)26-9-16)19-12(21)11(18)10-6-4-3-5-7-10/h3-7,11,14H,8-9,18H2,1-2H3,(H,19,21)(H,23,24)/t11?,14-,16?,17?/m1/s1. The van der Waals surface area contributed by atoms with Gasteiger partial charge in [0.05, 0.1) is 5.41 Å². The van der Waals surface area contributed by atoms with Crippen LogP contribution in [0.3, 0.4) is 0 Å². The van der Waals surface area contributed by atoms with Gasteiger partial charge in [0.2, 0.25) is 5.91 Å². The zero-order chi connectivity index (χ0) is 19.1. The third kappa shape index (κ3) is 2.76. The molecule has 0 saturated carbocycles. The van der Waals surface area contributed by atoms with Crippen molar-refractivity contribution in [2.24, 2.45) is 11.1 Å². The highest BCUT2D eigenvalue weighted by Gasteiger charge is 2.67. The lowest BCUT2D eigenvalue weighted by Gasteiger charge is -2.58. The van der Waals surface area contributed by atoms with Crippen LogP contribution in [0, 0.1) is 5.41 Å². The lowest BCUT2D eigenvalue weighted by molar-refractivity contribution is -0.200. The zero-order valence-corrected chi connectivity index (χ0v) is 15.3. The second-order valence-corrected chi connectivity index (χ2v) is 7.85. The van der Waals surface area contributed by atoms with Crippen LogP contribution in [0.4, 0.5) is 0 Å². The van der Waals surface area contributed by atoms with Gasteiger partial charge in [-0.15, -0.1) is 11.8 Å². The largest absolute Gasteiger partial charge is 0.481 e. The van der Waals surface area contributed by atoms with Crippen LogP contribution in [-0.4, -0.2) is 58.3 Å². The van der Waals surface area contributed by atoms with Gasteiger partial charge in [-0.05, 0) is 12.5 Å². The molecule has 3 unspecified atom stereocenters. The number of carboxylic acids is 1. The number of nitrogens with two attached hydrogens (primary N) is 1. The van der Waals surface area contributed by atoms with Crippen LogP contribution in [0.1, 0.15) is 18.5 Å². The van der Waals surface area contributed by atoms with Crippen LogP contribution in [-0.2, 0) is 19.1 Å². The number of amides is 2. The first-order chi connectivity index (χ1) is 12.2. The van der Waals surface area contributed by atoms with Crippen molar-refractivity contribution in [2.75, 3.05) is 19.4 Å². The van der Waals surface area contributed by atoms with Crippen molar-refractivity contribution < 1.29 is 24.2 Å². The molecule has 4 N–H and O–H groups in total. The molecule has 0 radical (unpaired) electrons. The van der Waals surface area contributed by atoms with Crippen LogP contribution < -0.4 is 11.1 Å². The van der Waals surface area contributed by atoms with E-state index in [1.165, 1.54) is 23.8 Å². The van der Waals surface area contributed by atoms with Gasteiger partial charge in [0.1, 0.15) is 11.4 Å². The molecule has 2 heterocycles. The molecular formula is C17H21N3O5S. The topological polar surface area (TPSA) is 122 Å². The SMILES string of the molecule is COC1(NC(=O)C(N)c2ccccc2)C(=O)N2CC(C)(C(=O)O)CS[C@@H]21. The Labute approximate surface area is 155 Å². The van der Waals surface area contributed by atoms with E-state index in [-0.39, 0.29) is 6.54 Å². The summed E-state index contributed by atoms with van der Waals surface area (Å²) in [5.74, 6) is -1.64. The Hall–Kier alpha value is -2.10. The minimum absolute atomic E-state index is 0.0740. The molecule has 8 nitrogen and oxygen atoms in total. The molecule has 9 heteroatoms. The smallest absolute Gasteiger partial charge is 0.312 e. The Morgan fingerprint density at radius 3 is 2.65 bits per heavy atom. The van der Waals surface area contributed by atoms with Crippen molar-refractivity contribution in [3.63, 3.8) is 0 Å². The Morgan fingerprint density at radius 2 is 2.08 bits per heavy atom. The highest BCUT2D eigenvalue weighted by atomic mass is 32.2. The first-order valence-corrected chi connectivity index (χ1v) is 9.14. The number of carbonyl (C=O) groups excluding carboxylic acids is 2. The number of methoxy groups -OCH3 is 1. The van der Waals surface area contributed by atoms with Crippen molar-refractivity contribution in [3.8, 4) is 0 Å².